The van der Waals surface area contributed by atoms with Crippen LogP contribution < -0.4 is 18.9 Å². The lowest BCUT2D eigenvalue weighted by Crippen LogP contribution is -2.22. The first-order chi connectivity index (χ1) is 37.5. The summed E-state index contributed by atoms with van der Waals surface area (Å²) in [5.74, 6) is -79.7. The van der Waals surface area contributed by atoms with Crippen molar-refractivity contribution in [2.24, 2.45) is 0 Å². The Labute approximate surface area is 436 Å². The van der Waals surface area contributed by atoms with E-state index in [1.165, 1.54) is 84.9 Å². The standard InChI is InChI=1S/C53H24F20O6S/c1-53(2,3)78-19-14-16-22(17-15-19)80(20-10-6-4-7-11-20,21-12-8-5-9-13-21)79-52(74)23-18-24(75-49-41(68)35(62)32(59)36(63)42(49)69)47(76-50-43(70)37(64)33(60)38(65)44(50)71)48(77-51-45(72)39(66)34(61)40(67)46(51)73)25(23)26-27(54)29(56)31(58)30(57)28(26)55/h4-18H,1-3H3. The highest BCUT2D eigenvalue weighted by molar-refractivity contribution is 8.30. The second-order valence-corrected chi connectivity index (χ2v) is 19.8. The molecule has 0 atom stereocenters. The zero-order chi connectivity index (χ0) is 58.8. The molecule has 0 unspecified atom stereocenters. The van der Waals surface area contributed by atoms with Gasteiger partial charge in [-0.25, -0.2) is 66.3 Å². The number of carbonyl (C=O) groups is 1. The third-order valence-corrected chi connectivity index (χ3v) is 14.2. The Morgan fingerprint density at radius 3 is 1.02 bits per heavy atom. The van der Waals surface area contributed by atoms with Crippen molar-refractivity contribution < 1.29 is 116 Å². The maximum absolute atomic E-state index is 16.6. The maximum Gasteiger partial charge on any atom is 0.350 e. The number of carbonyl (C=O) groups excluding carboxylic acids is 1. The van der Waals surface area contributed by atoms with Gasteiger partial charge in [-0.1, -0.05) is 36.4 Å². The van der Waals surface area contributed by atoms with Gasteiger partial charge in [0.1, 0.15) is 11.4 Å². The molecule has 0 fully saturated rings. The van der Waals surface area contributed by atoms with Crippen molar-refractivity contribution >= 4 is 16.3 Å². The van der Waals surface area contributed by atoms with Gasteiger partial charge in [0, 0.05) is 26.3 Å². The summed E-state index contributed by atoms with van der Waals surface area (Å²) in [4.78, 5) is 15.3. The van der Waals surface area contributed by atoms with Crippen molar-refractivity contribution in [2.45, 2.75) is 41.1 Å². The normalized spacial score (nSPS) is 11.9. The van der Waals surface area contributed by atoms with Gasteiger partial charge in [-0.2, -0.15) is 26.3 Å². The number of rotatable bonds is 13. The molecule has 0 aliphatic heterocycles. The van der Waals surface area contributed by atoms with Crippen molar-refractivity contribution in [1.29, 1.82) is 0 Å². The Morgan fingerprint density at radius 1 is 0.350 bits per heavy atom. The minimum atomic E-state index is -4.02. The fourth-order valence-electron chi connectivity index (χ4n) is 7.45. The quantitative estimate of drug-likeness (QED) is 0.0651. The largest absolute Gasteiger partial charge is 0.488 e. The Bertz CT molecular complexity index is 3670. The minimum Gasteiger partial charge on any atom is -0.488 e. The molecule has 0 saturated carbocycles. The van der Waals surface area contributed by atoms with Gasteiger partial charge < -0.3 is 23.1 Å². The van der Waals surface area contributed by atoms with Crippen molar-refractivity contribution in [3.05, 3.63) is 213 Å². The van der Waals surface area contributed by atoms with E-state index in [2.05, 4.69) is 0 Å². The number of ether oxygens (including phenoxy) is 4. The topological polar surface area (TPSA) is 63.2 Å². The molecule has 0 heterocycles. The van der Waals surface area contributed by atoms with E-state index in [1.807, 2.05) is 0 Å². The van der Waals surface area contributed by atoms with Gasteiger partial charge in [-0.15, -0.1) is 0 Å². The number of hydrogen-bond donors (Lipinski definition) is 0. The molecule has 0 N–H and O–H groups in total. The van der Waals surface area contributed by atoms with Gasteiger partial charge in [0.15, 0.2) is 34.8 Å². The fraction of sp³-hybridized carbons (Fsp3) is 0.0755. The van der Waals surface area contributed by atoms with Crippen LogP contribution in [0, 0.1) is 116 Å². The van der Waals surface area contributed by atoms with Crippen LogP contribution >= 0.6 is 10.3 Å². The van der Waals surface area contributed by atoms with Crippen molar-refractivity contribution in [2.75, 3.05) is 0 Å². The lowest BCUT2D eigenvalue weighted by atomic mass is 9.95. The van der Waals surface area contributed by atoms with Crippen LogP contribution in [-0.4, -0.2) is 11.6 Å². The lowest BCUT2D eigenvalue weighted by molar-refractivity contribution is 0.0757. The summed E-state index contributed by atoms with van der Waals surface area (Å²) in [6.07, 6.45) is 0. The molecule has 8 aromatic rings. The number of halogens is 20. The predicted molar refractivity (Wildman–Crippen MR) is 238 cm³/mol. The fourth-order valence-corrected chi connectivity index (χ4v) is 10.5. The van der Waals surface area contributed by atoms with E-state index in [9.17, 15) is 35.1 Å². The van der Waals surface area contributed by atoms with Crippen molar-refractivity contribution in [1.82, 2.24) is 0 Å². The van der Waals surface area contributed by atoms with Crippen LogP contribution in [0.3, 0.4) is 0 Å². The molecule has 27 heteroatoms. The molecule has 0 aliphatic carbocycles. The molecular weight excluding hydrogens is 1140 g/mol. The molecule has 0 bridgehead atoms. The van der Waals surface area contributed by atoms with E-state index in [0.29, 0.717) is 0 Å². The molecule has 0 aromatic heterocycles. The molecule has 8 aromatic carbocycles. The highest BCUT2D eigenvalue weighted by Crippen LogP contribution is 2.70. The predicted octanol–water partition coefficient (Wildman–Crippen LogP) is 17.7. The average molecular weight is 1170 g/mol. The third kappa shape index (κ3) is 9.86. The number of benzene rings is 8. The molecule has 0 spiro atoms. The lowest BCUT2D eigenvalue weighted by Gasteiger charge is -2.40. The van der Waals surface area contributed by atoms with Gasteiger partial charge in [-0.05, 0) is 79.6 Å². The summed E-state index contributed by atoms with van der Waals surface area (Å²) in [6.45, 7) is 4.92. The molecular formula is C53H24F20O6S. The van der Waals surface area contributed by atoms with Crippen LogP contribution in [0.1, 0.15) is 31.1 Å². The van der Waals surface area contributed by atoms with E-state index in [0.717, 1.165) is 0 Å². The van der Waals surface area contributed by atoms with E-state index in [1.54, 1.807) is 20.8 Å². The van der Waals surface area contributed by atoms with E-state index < -0.39 is 189 Å². The monoisotopic (exact) mass is 1170 g/mol. The first-order valence-corrected chi connectivity index (χ1v) is 23.4. The summed E-state index contributed by atoms with van der Waals surface area (Å²) in [6, 6.07) is 18.0. The SMILES string of the molecule is CC(C)(C)Oc1ccc(S(OC(=O)c2cc(Oc3c(F)c(F)c(F)c(F)c3F)c(Oc3c(F)c(F)c(F)c(F)c3F)c(Oc3c(F)c(F)c(F)c(F)c3F)c2-c2c(F)c(F)c(F)c(F)c2F)(c2ccccc2)c2ccccc2)cc1. The first-order valence-electron chi connectivity index (χ1n) is 21.8. The van der Waals surface area contributed by atoms with Gasteiger partial charge >= 0.3 is 5.97 Å². The minimum absolute atomic E-state index is 0.0937. The molecule has 418 valence electrons. The number of hydrogen-bond acceptors (Lipinski definition) is 6. The Balaban J connectivity index is 1.61. The highest BCUT2D eigenvalue weighted by atomic mass is 32.3. The molecule has 0 radical (unpaired) electrons. The molecule has 80 heavy (non-hydrogen) atoms. The summed E-state index contributed by atoms with van der Waals surface area (Å²) >= 11 is 0. The highest BCUT2D eigenvalue weighted by Gasteiger charge is 2.43. The molecule has 0 saturated heterocycles. The third-order valence-electron chi connectivity index (χ3n) is 10.9. The van der Waals surface area contributed by atoms with Gasteiger partial charge in [0.2, 0.25) is 116 Å². The van der Waals surface area contributed by atoms with Gasteiger partial charge in [-0.3, -0.25) is 0 Å². The van der Waals surface area contributed by atoms with Gasteiger partial charge in [0.25, 0.3) is 0 Å². The zero-order valence-electron chi connectivity index (χ0n) is 39.6. The smallest absolute Gasteiger partial charge is 0.350 e. The van der Waals surface area contributed by atoms with Crippen LogP contribution in [0.5, 0.6) is 40.2 Å². The molecule has 0 amide bonds. The van der Waals surface area contributed by atoms with Gasteiger partial charge in [0.05, 0.1) is 11.1 Å². The Morgan fingerprint density at radius 2 is 0.662 bits per heavy atom. The van der Waals surface area contributed by atoms with Crippen LogP contribution in [-0.2, 0) is 4.18 Å². The molecule has 0 aliphatic rings. The van der Waals surface area contributed by atoms with Crippen LogP contribution in [0.15, 0.2) is 106 Å². The zero-order valence-corrected chi connectivity index (χ0v) is 40.4. The summed E-state index contributed by atoms with van der Waals surface area (Å²) < 4.78 is 333. The van der Waals surface area contributed by atoms with E-state index in [-0.39, 0.29) is 26.5 Å². The Hall–Kier alpha value is -8.62. The average Bonchev–Trinajstić information content (AvgIpc) is 3.64. The summed E-state index contributed by atoms with van der Waals surface area (Å²) in [5, 5.41) is 0. The van der Waals surface area contributed by atoms with Crippen molar-refractivity contribution in [3.63, 3.8) is 0 Å². The molecule has 8 rings (SSSR count). The first kappa shape index (κ1) is 57.6. The molecule has 6 nitrogen and oxygen atoms in total. The second kappa shape index (κ2) is 21.6. The second-order valence-electron chi connectivity index (χ2n) is 17.1. The summed E-state index contributed by atoms with van der Waals surface area (Å²) in [5.41, 5.74) is -8.05. The van der Waals surface area contributed by atoms with Crippen LogP contribution in [0.4, 0.5) is 87.8 Å². The van der Waals surface area contributed by atoms with Crippen LogP contribution in [0.25, 0.3) is 11.1 Å². The van der Waals surface area contributed by atoms with Crippen LogP contribution in [0.2, 0.25) is 0 Å². The maximum atomic E-state index is 16.6. The van der Waals surface area contributed by atoms with E-state index in [4.69, 9.17) is 23.1 Å². The van der Waals surface area contributed by atoms with Crippen molar-refractivity contribution in [3.8, 4) is 51.4 Å². The Kier molecular flexibility index (Phi) is 15.5. The summed E-state index contributed by atoms with van der Waals surface area (Å²) in [7, 11) is -4.02. The van der Waals surface area contributed by atoms with E-state index >= 15 is 57.5 Å².